The number of carbonyl (C=O) groups excluding carboxylic acids is 2. The van der Waals surface area contributed by atoms with Crippen molar-refractivity contribution < 1.29 is 22.8 Å². The van der Waals surface area contributed by atoms with Crippen LogP contribution in [0.1, 0.15) is 96.0 Å². The van der Waals surface area contributed by atoms with Crippen molar-refractivity contribution >= 4 is 28.4 Å². The number of carbonyl (C=O) groups is 2. The molecule has 0 radical (unpaired) electrons. The molecule has 11 heteroatoms. The number of hydrogen-bond acceptors (Lipinski definition) is 7. The lowest BCUT2D eigenvalue weighted by Gasteiger charge is -2.32. The number of piperidine rings is 2. The SMILES string of the molecule is Cc1c(C(F)F)cccc1C(C)Nc1nnc(C)c2cnc(-c3ccc(F)c(CN4CCC(c5ccc(C6CCC(=O)NC6=O)cc5)CC4)c3)cc12. The third-order valence-corrected chi connectivity index (χ3v) is 10.7. The molecular formula is C41H41F3N6O2. The third kappa shape index (κ3) is 7.27. The number of nitrogens with one attached hydrogen (secondary N) is 2. The number of aryl methyl sites for hydroxylation is 1. The van der Waals surface area contributed by atoms with Crippen molar-refractivity contribution in [2.24, 2.45) is 0 Å². The van der Waals surface area contributed by atoms with Crippen molar-refractivity contribution in [1.82, 2.24) is 25.4 Å². The van der Waals surface area contributed by atoms with Crippen LogP contribution in [0, 0.1) is 19.7 Å². The fraction of sp³-hybridized carbons (Fsp3) is 0.341. The zero-order valence-electron chi connectivity index (χ0n) is 29.4. The van der Waals surface area contributed by atoms with Crippen LogP contribution in [0.15, 0.2) is 72.9 Å². The Labute approximate surface area is 300 Å². The van der Waals surface area contributed by atoms with Crippen molar-refractivity contribution in [1.29, 1.82) is 0 Å². The lowest BCUT2D eigenvalue weighted by molar-refractivity contribution is -0.134. The Morgan fingerprint density at radius 2 is 1.63 bits per heavy atom. The minimum atomic E-state index is -2.56. The van der Waals surface area contributed by atoms with Crippen LogP contribution < -0.4 is 10.6 Å². The van der Waals surface area contributed by atoms with Gasteiger partial charge in [-0.2, -0.15) is 5.10 Å². The van der Waals surface area contributed by atoms with E-state index in [1.54, 1.807) is 25.3 Å². The molecule has 0 spiro atoms. The van der Waals surface area contributed by atoms with Crippen molar-refractivity contribution in [3.63, 3.8) is 0 Å². The average Bonchev–Trinajstić information content (AvgIpc) is 3.14. The van der Waals surface area contributed by atoms with Crippen LogP contribution in [0.5, 0.6) is 0 Å². The topological polar surface area (TPSA) is 100 Å². The number of pyridine rings is 1. The highest BCUT2D eigenvalue weighted by Gasteiger charge is 2.28. The smallest absolute Gasteiger partial charge is 0.264 e. The molecule has 0 aliphatic carbocycles. The molecule has 0 bridgehead atoms. The highest BCUT2D eigenvalue weighted by Crippen LogP contribution is 2.35. The number of likely N-dealkylation sites (tertiary alicyclic amines) is 1. The van der Waals surface area contributed by atoms with Crippen molar-refractivity contribution in [2.75, 3.05) is 18.4 Å². The Morgan fingerprint density at radius 3 is 2.37 bits per heavy atom. The number of hydrogen-bond donors (Lipinski definition) is 2. The molecule has 2 aliphatic heterocycles. The fourth-order valence-corrected chi connectivity index (χ4v) is 7.63. The first-order chi connectivity index (χ1) is 25.0. The fourth-order valence-electron chi connectivity index (χ4n) is 7.63. The number of halogens is 3. The standard InChI is InChI=1S/C41H41F3N6O2/c1-23-31(5-4-6-32(23)39(43)44)24(2)46-40-34-20-37(45-21-35(34)25(3)48-49-40)29-11-13-36(42)30(19-29)22-50-17-15-27(16-18-50)26-7-9-28(10-8-26)33-12-14-38(51)47-41(33)52/h4-11,13,19-21,24,27,33,39H,12,14-18,22H2,1-3H3,(H,46,49)(H,47,51,52). The molecule has 2 unspecified atom stereocenters. The van der Waals surface area contributed by atoms with Gasteiger partial charge in [0, 0.05) is 46.6 Å². The number of anilines is 1. The summed E-state index contributed by atoms with van der Waals surface area (Å²) >= 11 is 0. The van der Waals surface area contributed by atoms with Crippen LogP contribution in [0.4, 0.5) is 19.0 Å². The summed E-state index contributed by atoms with van der Waals surface area (Å²) in [5, 5.41) is 16.2. The number of imide groups is 1. The summed E-state index contributed by atoms with van der Waals surface area (Å²) in [6, 6.07) is 19.8. The maximum Gasteiger partial charge on any atom is 0.264 e. The van der Waals surface area contributed by atoms with E-state index in [1.807, 2.05) is 44.2 Å². The minimum absolute atomic E-state index is 0.00675. The first-order valence-corrected chi connectivity index (χ1v) is 17.8. The van der Waals surface area contributed by atoms with Gasteiger partial charge in [-0.25, -0.2) is 13.2 Å². The number of benzene rings is 3. The molecule has 2 saturated heterocycles. The molecule has 2 aromatic heterocycles. The summed E-state index contributed by atoms with van der Waals surface area (Å²) in [6.45, 7) is 7.58. The lowest BCUT2D eigenvalue weighted by Crippen LogP contribution is -2.39. The third-order valence-electron chi connectivity index (χ3n) is 10.7. The Morgan fingerprint density at radius 1 is 0.904 bits per heavy atom. The van der Waals surface area contributed by atoms with E-state index in [4.69, 9.17) is 4.98 Å². The summed E-state index contributed by atoms with van der Waals surface area (Å²) in [4.78, 5) is 30.8. The van der Waals surface area contributed by atoms with E-state index in [1.165, 1.54) is 17.7 Å². The molecule has 2 N–H and O–H groups in total. The molecule has 2 atom stereocenters. The number of aromatic nitrogens is 3. The Bertz CT molecular complexity index is 2130. The van der Waals surface area contributed by atoms with E-state index in [9.17, 15) is 18.4 Å². The van der Waals surface area contributed by atoms with Gasteiger partial charge in [0.05, 0.1) is 23.3 Å². The molecule has 5 aromatic rings. The normalized spacial score (nSPS) is 17.8. The second-order valence-corrected chi connectivity index (χ2v) is 14.0. The molecule has 0 saturated carbocycles. The Hall–Kier alpha value is -5.16. The molecule has 3 aromatic carbocycles. The predicted octanol–water partition coefficient (Wildman–Crippen LogP) is 8.46. The van der Waals surface area contributed by atoms with Gasteiger partial charge in [-0.15, -0.1) is 5.10 Å². The van der Waals surface area contributed by atoms with Crippen LogP contribution >= 0.6 is 0 Å². The van der Waals surface area contributed by atoms with Crippen molar-refractivity contribution in [3.05, 3.63) is 118 Å². The van der Waals surface area contributed by atoms with Gasteiger partial charge in [0.15, 0.2) is 5.82 Å². The molecule has 7 rings (SSSR count). The molecule has 8 nitrogen and oxygen atoms in total. The second kappa shape index (κ2) is 14.8. The number of rotatable bonds is 9. The maximum absolute atomic E-state index is 15.2. The molecule has 2 aliphatic rings. The summed E-state index contributed by atoms with van der Waals surface area (Å²) < 4.78 is 42.5. The van der Waals surface area contributed by atoms with Crippen LogP contribution in [0.25, 0.3) is 22.0 Å². The monoisotopic (exact) mass is 706 g/mol. The Kier molecular flexibility index (Phi) is 10.1. The van der Waals surface area contributed by atoms with E-state index < -0.39 is 6.43 Å². The molecule has 52 heavy (non-hydrogen) atoms. The van der Waals surface area contributed by atoms with Crippen LogP contribution in [0.2, 0.25) is 0 Å². The Balaban J connectivity index is 1.05. The number of amides is 2. The molecular weight excluding hydrogens is 665 g/mol. The molecule has 268 valence electrons. The van der Waals surface area contributed by atoms with Gasteiger partial charge in [-0.1, -0.05) is 42.5 Å². The van der Waals surface area contributed by atoms with Gasteiger partial charge >= 0.3 is 0 Å². The zero-order valence-corrected chi connectivity index (χ0v) is 29.4. The van der Waals surface area contributed by atoms with E-state index >= 15 is 4.39 Å². The highest BCUT2D eigenvalue weighted by atomic mass is 19.3. The van der Waals surface area contributed by atoms with Crippen LogP contribution in [-0.4, -0.2) is 45.0 Å². The molecule has 2 fully saturated rings. The first-order valence-electron chi connectivity index (χ1n) is 17.8. The number of fused-ring (bicyclic) bond motifs is 1. The number of nitrogens with zero attached hydrogens (tertiary/aromatic N) is 4. The largest absolute Gasteiger partial charge is 0.362 e. The predicted molar refractivity (Wildman–Crippen MR) is 194 cm³/mol. The molecule has 4 heterocycles. The summed E-state index contributed by atoms with van der Waals surface area (Å²) in [6.07, 6.45) is 1.95. The van der Waals surface area contributed by atoms with Gasteiger partial charge in [-0.05, 0) is 106 Å². The maximum atomic E-state index is 15.2. The van der Waals surface area contributed by atoms with E-state index in [0.29, 0.717) is 53.6 Å². The average molecular weight is 707 g/mol. The summed E-state index contributed by atoms with van der Waals surface area (Å²) in [7, 11) is 0. The number of alkyl halides is 2. The van der Waals surface area contributed by atoms with Gasteiger partial charge in [0.25, 0.3) is 6.43 Å². The summed E-state index contributed by atoms with van der Waals surface area (Å²) in [5.74, 6) is -0.118. The minimum Gasteiger partial charge on any atom is -0.362 e. The lowest BCUT2D eigenvalue weighted by atomic mass is 9.86. The summed E-state index contributed by atoms with van der Waals surface area (Å²) in [5.41, 5.74) is 6.18. The van der Waals surface area contributed by atoms with Gasteiger partial charge in [0.1, 0.15) is 5.82 Å². The zero-order chi connectivity index (χ0) is 36.5. The van der Waals surface area contributed by atoms with Crippen molar-refractivity contribution in [3.8, 4) is 11.3 Å². The highest BCUT2D eigenvalue weighted by molar-refractivity contribution is 6.01. The van der Waals surface area contributed by atoms with Crippen LogP contribution in [-0.2, 0) is 16.1 Å². The van der Waals surface area contributed by atoms with E-state index in [0.717, 1.165) is 53.4 Å². The van der Waals surface area contributed by atoms with Crippen molar-refractivity contribution in [2.45, 2.75) is 77.3 Å². The second-order valence-electron chi connectivity index (χ2n) is 14.0. The first kappa shape index (κ1) is 35.3. The van der Waals surface area contributed by atoms with E-state index in [-0.39, 0.29) is 35.2 Å². The van der Waals surface area contributed by atoms with Gasteiger partial charge in [-0.3, -0.25) is 24.8 Å². The van der Waals surface area contributed by atoms with E-state index in [2.05, 4.69) is 37.9 Å². The quantitative estimate of drug-likeness (QED) is 0.148. The van der Waals surface area contributed by atoms with Gasteiger partial charge in [0.2, 0.25) is 11.8 Å². The molecule has 2 amide bonds. The van der Waals surface area contributed by atoms with Crippen LogP contribution in [0.3, 0.4) is 0 Å². The van der Waals surface area contributed by atoms with Gasteiger partial charge < -0.3 is 5.32 Å².